The van der Waals surface area contributed by atoms with Crippen molar-refractivity contribution in [2.24, 2.45) is 0 Å². The fraction of sp³-hybridized carbons (Fsp3) is 0.0833. The molecule has 10 nitrogen and oxygen atoms in total. The Morgan fingerprint density at radius 1 is 0.667 bits per heavy atom. The lowest BCUT2D eigenvalue weighted by Gasteiger charge is -2.05. The van der Waals surface area contributed by atoms with Crippen molar-refractivity contribution in [2.75, 3.05) is 14.2 Å². The van der Waals surface area contributed by atoms with Crippen molar-refractivity contribution in [3.8, 4) is 34.0 Å². The maximum absolute atomic E-state index is 10.8. The monoisotopic (exact) mass is 528 g/mol. The van der Waals surface area contributed by atoms with Crippen LogP contribution in [0.4, 0.5) is 0 Å². The summed E-state index contributed by atoms with van der Waals surface area (Å²) in [5.41, 5.74) is 2.26. The minimum Gasteiger partial charge on any atom is -0.495 e. The molecule has 36 heavy (non-hydrogen) atoms. The number of benzene rings is 2. The van der Waals surface area contributed by atoms with E-state index >= 15 is 0 Å². The largest absolute Gasteiger partial charge is 0.495 e. The maximum Gasteiger partial charge on any atom is 0.354 e. The second-order valence-corrected chi connectivity index (χ2v) is 7.70. The summed E-state index contributed by atoms with van der Waals surface area (Å²) in [6, 6.07) is 13.0. The Balaban J connectivity index is 0.000000201. The number of hydrogen-bond donors (Lipinski definition) is 2. The van der Waals surface area contributed by atoms with Gasteiger partial charge >= 0.3 is 11.9 Å². The van der Waals surface area contributed by atoms with Crippen LogP contribution in [0.2, 0.25) is 10.0 Å². The molecular formula is C24H18Cl2N4O6. The second kappa shape index (κ2) is 11.9. The van der Waals surface area contributed by atoms with Gasteiger partial charge in [-0.15, -0.1) is 0 Å². The van der Waals surface area contributed by atoms with Crippen LogP contribution < -0.4 is 9.47 Å². The maximum atomic E-state index is 10.8. The first kappa shape index (κ1) is 26.3. The van der Waals surface area contributed by atoms with Crippen molar-refractivity contribution in [1.82, 2.24) is 19.9 Å². The lowest BCUT2D eigenvalue weighted by Crippen LogP contribution is -2.01. The molecule has 2 aromatic carbocycles. The van der Waals surface area contributed by atoms with Crippen LogP contribution in [0.15, 0.2) is 61.2 Å². The van der Waals surface area contributed by atoms with Gasteiger partial charge in [0.25, 0.3) is 0 Å². The SMILES string of the molecule is COc1ccc(-c2cc(C(=O)O)ncn2)cc1Cl.COc1ccc(-c2cc(C(=O)O)ncn2)cc1Cl. The topological polar surface area (TPSA) is 145 Å². The number of hydrogen-bond acceptors (Lipinski definition) is 8. The summed E-state index contributed by atoms with van der Waals surface area (Å²) < 4.78 is 10.1. The molecule has 4 aromatic rings. The van der Waals surface area contributed by atoms with Gasteiger partial charge in [-0.05, 0) is 48.5 Å². The molecule has 4 rings (SSSR count). The van der Waals surface area contributed by atoms with Gasteiger partial charge in [-0.25, -0.2) is 29.5 Å². The molecule has 0 unspecified atom stereocenters. The average Bonchev–Trinajstić information content (AvgIpc) is 2.89. The fourth-order valence-electron chi connectivity index (χ4n) is 2.92. The summed E-state index contributed by atoms with van der Waals surface area (Å²) >= 11 is 12.0. The third kappa shape index (κ3) is 6.44. The van der Waals surface area contributed by atoms with Crippen molar-refractivity contribution >= 4 is 35.1 Å². The number of carboxylic acid groups (broad SMARTS) is 2. The zero-order valence-electron chi connectivity index (χ0n) is 18.8. The quantitative estimate of drug-likeness (QED) is 0.350. The van der Waals surface area contributed by atoms with E-state index < -0.39 is 11.9 Å². The number of methoxy groups -OCH3 is 2. The molecule has 2 aromatic heterocycles. The number of carboxylic acids is 2. The lowest BCUT2D eigenvalue weighted by molar-refractivity contribution is 0.0679. The average molecular weight is 529 g/mol. The van der Waals surface area contributed by atoms with Gasteiger partial charge in [0.1, 0.15) is 24.2 Å². The van der Waals surface area contributed by atoms with Gasteiger partial charge in [-0.1, -0.05) is 23.2 Å². The smallest absolute Gasteiger partial charge is 0.354 e. The first-order chi connectivity index (χ1) is 17.2. The Morgan fingerprint density at radius 3 is 1.36 bits per heavy atom. The minimum absolute atomic E-state index is 0.0630. The molecule has 0 saturated heterocycles. The minimum atomic E-state index is -1.10. The molecule has 0 aliphatic heterocycles. The zero-order valence-corrected chi connectivity index (χ0v) is 20.4. The van der Waals surface area contributed by atoms with E-state index in [1.807, 2.05) is 0 Å². The second-order valence-electron chi connectivity index (χ2n) is 6.89. The van der Waals surface area contributed by atoms with Crippen LogP contribution in [-0.4, -0.2) is 56.3 Å². The van der Waals surface area contributed by atoms with Crippen LogP contribution in [0.25, 0.3) is 22.5 Å². The van der Waals surface area contributed by atoms with Crippen LogP contribution in [0.5, 0.6) is 11.5 Å². The van der Waals surface area contributed by atoms with Gasteiger partial charge in [0.15, 0.2) is 11.4 Å². The molecule has 12 heteroatoms. The van der Waals surface area contributed by atoms with Crippen molar-refractivity contribution in [2.45, 2.75) is 0 Å². The Labute approximate surface area is 215 Å². The number of rotatable bonds is 6. The van der Waals surface area contributed by atoms with Gasteiger partial charge in [0, 0.05) is 11.1 Å². The normalized spacial score (nSPS) is 10.1. The molecule has 0 saturated carbocycles. The van der Waals surface area contributed by atoms with E-state index in [0.717, 1.165) is 0 Å². The van der Waals surface area contributed by atoms with E-state index in [0.29, 0.717) is 44.1 Å². The Kier molecular flexibility index (Phi) is 8.71. The molecule has 2 heterocycles. The number of aromatic carboxylic acids is 2. The molecule has 0 fully saturated rings. The highest BCUT2D eigenvalue weighted by atomic mass is 35.5. The Bertz CT molecular complexity index is 1310. The predicted molar refractivity (Wildman–Crippen MR) is 132 cm³/mol. The molecule has 2 N–H and O–H groups in total. The van der Waals surface area contributed by atoms with Crippen molar-refractivity contribution in [3.05, 3.63) is 82.6 Å². The molecule has 0 aliphatic rings. The van der Waals surface area contributed by atoms with Gasteiger partial charge in [-0.3, -0.25) is 0 Å². The summed E-state index contributed by atoms with van der Waals surface area (Å²) in [6.07, 6.45) is 2.41. The summed E-state index contributed by atoms with van der Waals surface area (Å²) in [4.78, 5) is 37.0. The molecule has 0 radical (unpaired) electrons. The number of halogens is 2. The molecule has 0 atom stereocenters. The molecule has 0 aliphatic carbocycles. The van der Waals surface area contributed by atoms with E-state index in [1.165, 1.54) is 39.0 Å². The molecule has 184 valence electrons. The lowest BCUT2D eigenvalue weighted by atomic mass is 10.1. The van der Waals surface area contributed by atoms with Gasteiger partial charge in [-0.2, -0.15) is 0 Å². The van der Waals surface area contributed by atoms with Gasteiger partial charge < -0.3 is 19.7 Å². The van der Waals surface area contributed by atoms with Crippen molar-refractivity contribution in [1.29, 1.82) is 0 Å². The molecule has 0 spiro atoms. The predicted octanol–water partition coefficient (Wildman–Crippen LogP) is 5.01. The van der Waals surface area contributed by atoms with Crippen LogP contribution >= 0.6 is 23.2 Å². The highest BCUT2D eigenvalue weighted by molar-refractivity contribution is 6.32. The number of carbonyl (C=O) groups is 2. The summed E-state index contributed by atoms with van der Waals surface area (Å²) in [5.74, 6) is -1.10. The van der Waals surface area contributed by atoms with E-state index in [4.69, 9.17) is 42.9 Å². The van der Waals surface area contributed by atoms with Crippen LogP contribution in [0.3, 0.4) is 0 Å². The highest BCUT2D eigenvalue weighted by Crippen LogP contribution is 2.30. The molecular weight excluding hydrogens is 511 g/mol. The highest BCUT2D eigenvalue weighted by Gasteiger charge is 2.10. The third-order valence-corrected chi connectivity index (χ3v) is 5.26. The molecule has 0 bridgehead atoms. The fourth-order valence-corrected chi connectivity index (χ4v) is 3.43. The van der Waals surface area contributed by atoms with Gasteiger partial charge in [0.2, 0.25) is 0 Å². The van der Waals surface area contributed by atoms with Crippen LogP contribution in [0, 0.1) is 0 Å². The first-order valence-corrected chi connectivity index (χ1v) is 10.8. The van der Waals surface area contributed by atoms with Crippen molar-refractivity contribution in [3.63, 3.8) is 0 Å². The Hall–Kier alpha value is -4.28. The third-order valence-electron chi connectivity index (χ3n) is 4.67. The summed E-state index contributed by atoms with van der Waals surface area (Å²) in [6.45, 7) is 0. The Morgan fingerprint density at radius 2 is 1.06 bits per heavy atom. The summed E-state index contributed by atoms with van der Waals surface area (Å²) in [7, 11) is 3.04. The van der Waals surface area contributed by atoms with E-state index in [2.05, 4.69) is 19.9 Å². The first-order valence-electron chi connectivity index (χ1n) is 10.0. The van der Waals surface area contributed by atoms with E-state index in [9.17, 15) is 9.59 Å². The standard InChI is InChI=1S/2C12H9ClN2O3/c2*1-18-11-3-2-7(4-8(11)13)9-5-10(12(16)17)15-6-14-9/h2*2-6H,1H3,(H,16,17). The van der Waals surface area contributed by atoms with Crippen LogP contribution in [0.1, 0.15) is 21.0 Å². The number of aromatic nitrogens is 4. The van der Waals surface area contributed by atoms with Crippen molar-refractivity contribution < 1.29 is 29.3 Å². The molecule has 0 amide bonds. The van der Waals surface area contributed by atoms with E-state index in [1.54, 1.807) is 36.4 Å². The van der Waals surface area contributed by atoms with Crippen LogP contribution in [-0.2, 0) is 0 Å². The summed E-state index contributed by atoms with van der Waals surface area (Å²) in [5, 5.41) is 18.6. The number of ether oxygens (including phenoxy) is 2. The van der Waals surface area contributed by atoms with Gasteiger partial charge in [0.05, 0.1) is 35.7 Å². The van der Waals surface area contributed by atoms with E-state index in [-0.39, 0.29) is 11.4 Å². The number of nitrogens with zero attached hydrogens (tertiary/aromatic N) is 4. The zero-order chi connectivity index (χ0) is 26.2.